The van der Waals surface area contributed by atoms with Crippen molar-refractivity contribution in [2.24, 2.45) is 5.14 Å². The first kappa shape index (κ1) is 22.5. The van der Waals surface area contributed by atoms with Gasteiger partial charge < -0.3 is 19.6 Å². The summed E-state index contributed by atoms with van der Waals surface area (Å²) in [5.74, 6) is 0.358. The van der Waals surface area contributed by atoms with E-state index in [9.17, 15) is 9.90 Å². The van der Waals surface area contributed by atoms with Crippen molar-refractivity contribution in [3.05, 3.63) is 48.0 Å². The maximum atomic E-state index is 11.8. The monoisotopic (exact) mass is 429 g/mol. The van der Waals surface area contributed by atoms with Crippen LogP contribution in [0.1, 0.15) is 43.0 Å². The van der Waals surface area contributed by atoms with Gasteiger partial charge in [-0.1, -0.05) is 31.5 Å². The number of nitrogens with zero attached hydrogens (tertiary/aromatic N) is 2. The number of rotatable bonds is 11. The molecule has 2 aromatic rings. The molecule has 3 rings (SSSR count). The number of anilines is 1. The third-order valence-corrected chi connectivity index (χ3v) is 5.94. The smallest absolute Gasteiger partial charge is 0.335 e. The average molecular weight is 430 g/mol. The Morgan fingerprint density at radius 3 is 2.57 bits per heavy atom. The highest BCUT2D eigenvalue weighted by Crippen LogP contribution is 2.41. The van der Waals surface area contributed by atoms with Crippen molar-refractivity contribution in [2.75, 3.05) is 37.6 Å². The Labute approximate surface area is 183 Å². The Balaban J connectivity index is 1.98. The second-order valence-electron chi connectivity index (χ2n) is 7.55. The number of likely N-dealkylation sites (tertiary alicyclic amines) is 1. The SMILES string of the molecule is CCCCN(CCN1CCCC1)c1cc(C(=O)O)cc(SN)c1Oc1ccccc1. The van der Waals surface area contributed by atoms with Gasteiger partial charge in [-0.05, 0) is 68.6 Å². The average Bonchev–Trinajstić information content (AvgIpc) is 3.28. The van der Waals surface area contributed by atoms with E-state index >= 15 is 0 Å². The fourth-order valence-electron chi connectivity index (χ4n) is 3.71. The zero-order valence-corrected chi connectivity index (χ0v) is 18.4. The lowest BCUT2D eigenvalue weighted by atomic mass is 10.1. The van der Waals surface area contributed by atoms with Crippen molar-refractivity contribution in [2.45, 2.75) is 37.5 Å². The molecule has 0 aliphatic carbocycles. The number of carboxylic acid groups (broad SMARTS) is 1. The number of hydrogen-bond donors (Lipinski definition) is 2. The van der Waals surface area contributed by atoms with E-state index in [1.165, 1.54) is 12.8 Å². The lowest BCUT2D eigenvalue weighted by Crippen LogP contribution is -2.35. The maximum absolute atomic E-state index is 11.8. The molecule has 1 saturated heterocycles. The lowest BCUT2D eigenvalue weighted by Gasteiger charge is -2.30. The van der Waals surface area contributed by atoms with E-state index in [1.54, 1.807) is 12.1 Å². The predicted octanol–water partition coefficient (Wildman–Crippen LogP) is 4.85. The standard InChI is InChI=1S/C23H31N3O3S/c1-2-3-13-26(15-14-25-11-7-8-12-25)20-16-18(23(27)28)17-21(30-24)22(20)29-19-9-5-4-6-10-19/h4-6,9-10,16-17H,2-3,7-8,11-15,24H2,1H3,(H,27,28). The van der Waals surface area contributed by atoms with Gasteiger partial charge in [-0.2, -0.15) is 0 Å². The van der Waals surface area contributed by atoms with E-state index in [4.69, 9.17) is 9.88 Å². The molecule has 0 saturated carbocycles. The Hall–Kier alpha value is -2.22. The van der Waals surface area contributed by atoms with E-state index in [2.05, 4.69) is 16.7 Å². The van der Waals surface area contributed by atoms with Crippen molar-refractivity contribution in [3.8, 4) is 11.5 Å². The van der Waals surface area contributed by atoms with E-state index < -0.39 is 5.97 Å². The van der Waals surface area contributed by atoms with Gasteiger partial charge >= 0.3 is 5.97 Å². The summed E-state index contributed by atoms with van der Waals surface area (Å²) in [6.07, 6.45) is 4.58. The zero-order valence-electron chi connectivity index (χ0n) is 17.5. The van der Waals surface area contributed by atoms with Gasteiger partial charge in [-0.3, -0.25) is 5.14 Å². The van der Waals surface area contributed by atoms with E-state index in [0.717, 1.165) is 63.2 Å². The summed E-state index contributed by atoms with van der Waals surface area (Å²) < 4.78 is 6.25. The molecule has 30 heavy (non-hydrogen) atoms. The summed E-state index contributed by atoms with van der Waals surface area (Å²) in [7, 11) is 0. The molecule has 1 aliphatic heterocycles. The van der Waals surface area contributed by atoms with Crippen LogP contribution in [0.4, 0.5) is 5.69 Å². The molecule has 2 aromatic carbocycles. The summed E-state index contributed by atoms with van der Waals surface area (Å²) >= 11 is 1.02. The quantitative estimate of drug-likeness (QED) is 0.495. The molecule has 7 heteroatoms. The fourth-order valence-corrected chi connectivity index (χ4v) is 4.16. The third kappa shape index (κ3) is 5.90. The van der Waals surface area contributed by atoms with Gasteiger partial charge in [0, 0.05) is 19.6 Å². The van der Waals surface area contributed by atoms with Gasteiger partial charge in [-0.15, -0.1) is 0 Å². The highest BCUT2D eigenvalue weighted by Gasteiger charge is 2.22. The van der Waals surface area contributed by atoms with Crippen LogP contribution in [-0.2, 0) is 0 Å². The first-order valence-corrected chi connectivity index (χ1v) is 11.5. The predicted molar refractivity (Wildman–Crippen MR) is 123 cm³/mol. The van der Waals surface area contributed by atoms with Crippen molar-refractivity contribution in [1.29, 1.82) is 0 Å². The van der Waals surface area contributed by atoms with Crippen molar-refractivity contribution < 1.29 is 14.6 Å². The number of hydrogen-bond acceptors (Lipinski definition) is 6. The zero-order chi connectivity index (χ0) is 21.3. The molecule has 0 spiro atoms. The van der Waals surface area contributed by atoms with Crippen LogP contribution in [0, 0.1) is 0 Å². The van der Waals surface area contributed by atoms with Crippen LogP contribution in [0.5, 0.6) is 11.5 Å². The molecule has 162 valence electrons. The van der Waals surface area contributed by atoms with Crippen LogP contribution in [0.25, 0.3) is 0 Å². The molecule has 1 heterocycles. The summed E-state index contributed by atoms with van der Waals surface area (Å²) in [6.45, 7) is 7.05. The minimum absolute atomic E-state index is 0.223. The third-order valence-electron chi connectivity index (χ3n) is 5.38. The first-order chi connectivity index (χ1) is 14.6. The second kappa shape index (κ2) is 11.2. The number of nitrogens with two attached hydrogens (primary N) is 1. The number of ether oxygens (including phenoxy) is 1. The number of para-hydroxylation sites is 1. The van der Waals surface area contributed by atoms with Crippen LogP contribution < -0.4 is 14.8 Å². The fraction of sp³-hybridized carbons (Fsp3) is 0.435. The minimum Gasteiger partial charge on any atom is -0.478 e. The maximum Gasteiger partial charge on any atom is 0.335 e. The van der Waals surface area contributed by atoms with Gasteiger partial charge in [-0.25, -0.2) is 4.79 Å². The second-order valence-corrected chi connectivity index (χ2v) is 8.23. The molecule has 0 amide bonds. The number of carbonyl (C=O) groups is 1. The highest BCUT2D eigenvalue weighted by molar-refractivity contribution is 7.97. The largest absolute Gasteiger partial charge is 0.478 e. The van der Waals surface area contributed by atoms with Crippen molar-refractivity contribution in [3.63, 3.8) is 0 Å². The van der Waals surface area contributed by atoms with Gasteiger partial charge in [0.2, 0.25) is 0 Å². The number of benzene rings is 2. The summed E-state index contributed by atoms with van der Waals surface area (Å²) in [5, 5.41) is 15.6. The van der Waals surface area contributed by atoms with Gasteiger partial charge in [0.15, 0.2) is 5.75 Å². The van der Waals surface area contributed by atoms with Gasteiger partial charge in [0.1, 0.15) is 5.75 Å². The van der Waals surface area contributed by atoms with Crippen LogP contribution in [0.15, 0.2) is 47.4 Å². The molecular weight excluding hydrogens is 398 g/mol. The molecular formula is C23H31N3O3S. The molecule has 6 nitrogen and oxygen atoms in total. The van der Waals surface area contributed by atoms with Crippen LogP contribution in [0.3, 0.4) is 0 Å². The molecule has 0 radical (unpaired) electrons. The summed E-state index contributed by atoms with van der Waals surface area (Å²) in [4.78, 5) is 17.1. The molecule has 3 N–H and O–H groups in total. The van der Waals surface area contributed by atoms with Crippen molar-refractivity contribution >= 4 is 23.6 Å². The van der Waals surface area contributed by atoms with Gasteiger partial charge in [0.25, 0.3) is 0 Å². The number of unbranched alkanes of at least 4 members (excludes halogenated alkanes) is 1. The van der Waals surface area contributed by atoms with E-state index in [0.29, 0.717) is 16.4 Å². The molecule has 0 bridgehead atoms. The van der Waals surface area contributed by atoms with Gasteiger partial charge in [0.05, 0.1) is 16.1 Å². The summed E-state index contributed by atoms with van der Waals surface area (Å²) in [6, 6.07) is 12.9. The van der Waals surface area contributed by atoms with Crippen LogP contribution in [0.2, 0.25) is 0 Å². The molecule has 0 atom stereocenters. The Bertz CT molecular complexity index is 826. The first-order valence-electron chi connectivity index (χ1n) is 10.6. The Morgan fingerprint density at radius 1 is 1.20 bits per heavy atom. The number of carboxylic acids is 1. The summed E-state index contributed by atoms with van der Waals surface area (Å²) in [5.41, 5.74) is 1.01. The number of aromatic carboxylic acids is 1. The lowest BCUT2D eigenvalue weighted by molar-refractivity contribution is 0.0696. The van der Waals surface area contributed by atoms with E-state index in [1.807, 2.05) is 30.3 Å². The van der Waals surface area contributed by atoms with Crippen molar-refractivity contribution in [1.82, 2.24) is 4.90 Å². The molecule has 1 fully saturated rings. The molecule has 0 unspecified atom stereocenters. The minimum atomic E-state index is -0.965. The van der Waals surface area contributed by atoms with Crippen LogP contribution >= 0.6 is 11.9 Å². The highest BCUT2D eigenvalue weighted by atomic mass is 32.2. The molecule has 1 aliphatic rings. The Morgan fingerprint density at radius 2 is 1.93 bits per heavy atom. The molecule has 0 aromatic heterocycles. The van der Waals surface area contributed by atoms with E-state index in [-0.39, 0.29) is 5.56 Å². The topological polar surface area (TPSA) is 79.0 Å². The Kier molecular flexibility index (Phi) is 8.42. The normalized spacial score (nSPS) is 14.1. The van der Waals surface area contributed by atoms with Crippen LogP contribution in [-0.4, -0.2) is 48.7 Å².